The van der Waals surface area contributed by atoms with Gasteiger partial charge in [-0.25, -0.2) is 0 Å². The summed E-state index contributed by atoms with van der Waals surface area (Å²) in [6.45, 7) is 0.798. The molecule has 1 saturated heterocycles. The van der Waals surface area contributed by atoms with E-state index in [-0.39, 0.29) is 23.1 Å². The molecule has 7 heteroatoms. The Bertz CT molecular complexity index is 547. The first-order valence-electron chi connectivity index (χ1n) is 6.76. The summed E-state index contributed by atoms with van der Waals surface area (Å²) in [6.07, 6.45) is 2.79. The molecule has 7 nitrogen and oxygen atoms in total. The zero-order chi connectivity index (χ0) is 15.4. The molecule has 0 aromatic heterocycles. The van der Waals surface area contributed by atoms with Crippen molar-refractivity contribution < 1.29 is 14.4 Å². The summed E-state index contributed by atoms with van der Waals surface area (Å²) in [6, 6.07) is 3.89. The van der Waals surface area contributed by atoms with E-state index in [1.807, 2.05) is 0 Å². The van der Waals surface area contributed by atoms with E-state index in [1.165, 1.54) is 18.2 Å². The second kappa shape index (κ2) is 6.36. The van der Waals surface area contributed by atoms with E-state index < -0.39 is 11.8 Å². The van der Waals surface area contributed by atoms with Gasteiger partial charge in [0.25, 0.3) is 0 Å². The highest BCUT2D eigenvalue weighted by Crippen LogP contribution is 2.16. The molecule has 0 bridgehead atoms. The van der Waals surface area contributed by atoms with Crippen LogP contribution in [0.3, 0.4) is 0 Å². The fourth-order valence-corrected chi connectivity index (χ4v) is 2.29. The summed E-state index contributed by atoms with van der Waals surface area (Å²) in [5.74, 6) is -1.58. The number of hydrogen-bond acceptors (Lipinski definition) is 4. The molecule has 2 rings (SSSR count). The number of piperidine rings is 1. The van der Waals surface area contributed by atoms with E-state index in [0.29, 0.717) is 5.69 Å². The van der Waals surface area contributed by atoms with Gasteiger partial charge in [0.1, 0.15) is 0 Å². The van der Waals surface area contributed by atoms with Crippen LogP contribution in [-0.4, -0.2) is 30.3 Å². The Hall–Kier alpha value is -2.41. The van der Waals surface area contributed by atoms with Gasteiger partial charge in [0.2, 0.25) is 17.7 Å². The molecule has 0 saturated carbocycles. The fourth-order valence-electron chi connectivity index (χ4n) is 2.29. The standard InChI is InChI=1S/C14H18N4O3/c15-12(19)8-5-9(13(16)20)7-10(6-8)18-14(21)11-3-1-2-4-17-11/h5-7,11,17H,1-4H2,(H2,15,19)(H2,16,20)(H,18,21)/t11-/m0/s1. The van der Waals surface area contributed by atoms with Gasteiger partial charge in [0.15, 0.2) is 0 Å². The molecule has 1 atom stereocenters. The normalized spacial score (nSPS) is 18.0. The van der Waals surface area contributed by atoms with Gasteiger partial charge in [-0.15, -0.1) is 0 Å². The van der Waals surface area contributed by atoms with Crippen LogP contribution < -0.4 is 22.1 Å². The molecule has 1 aliphatic rings. The zero-order valence-corrected chi connectivity index (χ0v) is 11.5. The fraction of sp³-hybridized carbons (Fsp3) is 0.357. The molecule has 1 aliphatic heterocycles. The average Bonchev–Trinajstić information content (AvgIpc) is 2.47. The second-order valence-electron chi connectivity index (χ2n) is 5.02. The van der Waals surface area contributed by atoms with Crippen LogP contribution in [0.5, 0.6) is 0 Å². The molecule has 0 spiro atoms. The van der Waals surface area contributed by atoms with Crippen LogP contribution in [0.2, 0.25) is 0 Å². The van der Waals surface area contributed by atoms with Crippen LogP contribution in [0.4, 0.5) is 5.69 Å². The van der Waals surface area contributed by atoms with Crippen molar-refractivity contribution in [2.75, 3.05) is 11.9 Å². The number of hydrogen-bond donors (Lipinski definition) is 4. The second-order valence-corrected chi connectivity index (χ2v) is 5.02. The minimum absolute atomic E-state index is 0.123. The Labute approximate surface area is 122 Å². The minimum atomic E-state index is -0.690. The third-order valence-electron chi connectivity index (χ3n) is 3.40. The van der Waals surface area contributed by atoms with Crippen LogP contribution in [0, 0.1) is 0 Å². The molecule has 0 radical (unpaired) electrons. The maximum atomic E-state index is 12.1. The highest BCUT2D eigenvalue weighted by molar-refractivity contribution is 6.02. The first-order valence-corrected chi connectivity index (χ1v) is 6.76. The van der Waals surface area contributed by atoms with Gasteiger partial charge in [0.05, 0.1) is 6.04 Å². The van der Waals surface area contributed by atoms with Crippen molar-refractivity contribution in [2.24, 2.45) is 11.5 Å². The smallest absolute Gasteiger partial charge is 0.248 e. The summed E-state index contributed by atoms with van der Waals surface area (Å²) in [7, 11) is 0. The summed E-state index contributed by atoms with van der Waals surface area (Å²) in [4.78, 5) is 34.6. The third kappa shape index (κ3) is 3.79. The number of nitrogens with one attached hydrogen (secondary N) is 2. The van der Waals surface area contributed by atoms with Gasteiger partial charge in [-0.05, 0) is 37.6 Å². The molecular formula is C14H18N4O3. The van der Waals surface area contributed by atoms with Crippen molar-refractivity contribution in [1.29, 1.82) is 0 Å². The minimum Gasteiger partial charge on any atom is -0.366 e. The molecular weight excluding hydrogens is 272 g/mol. The molecule has 1 aromatic rings. The van der Waals surface area contributed by atoms with Crippen molar-refractivity contribution >= 4 is 23.4 Å². The van der Waals surface area contributed by atoms with Crippen LogP contribution in [0.1, 0.15) is 40.0 Å². The quantitative estimate of drug-likeness (QED) is 0.620. The van der Waals surface area contributed by atoms with Crippen LogP contribution in [0.25, 0.3) is 0 Å². The largest absolute Gasteiger partial charge is 0.366 e. The number of carbonyl (C=O) groups excluding carboxylic acids is 3. The maximum Gasteiger partial charge on any atom is 0.248 e. The Morgan fingerprint density at radius 3 is 2.14 bits per heavy atom. The monoisotopic (exact) mass is 290 g/mol. The SMILES string of the molecule is NC(=O)c1cc(NC(=O)[C@@H]2CCCCN2)cc(C(N)=O)c1. The maximum absolute atomic E-state index is 12.1. The Morgan fingerprint density at radius 2 is 1.67 bits per heavy atom. The van der Waals surface area contributed by atoms with E-state index in [9.17, 15) is 14.4 Å². The summed E-state index contributed by atoms with van der Waals surface area (Å²) >= 11 is 0. The van der Waals surface area contributed by atoms with Gasteiger partial charge < -0.3 is 22.1 Å². The number of rotatable bonds is 4. The van der Waals surface area contributed by atoms with Crippen molar-refractivity contribution in [3.8, 4) is 0 Å². The number of primary amides is 2. The van der Waals surface area contributed by atoms with E-state index in [0.717, 1.165) is 25.8 Å². The lowest BCUT2D eigenvalue weighted by molar-refractivity contribution is -0.118. The molecule has 3 amide bonds. The topological polar surface area (TPSA) is 127 Å². The van der Waals surface area contributed by atoms with E-state index >= 15 is 0 Å². The lowest BCUT2D eigenvalue weighted by Gasteiger charge is -2.22. The zero-order valence-electron chi connectivity index (χ0n) is 11.5. The predicted octanol–water partition coefficient (Wildman–Crippen LogP) is -0.0350. The average molecular weight is 290 g/mol. The molecule has 0 unspecified atom stereocenters. The van der Waals surface area contributed by atoms with Gasteiger partial charge in [-0.1, -0.05) is 6.42 Å². The highest BCUT2D eigenvalue weighted by Gasteiger charge is 2.21. The van der Waals surface area contributed by atoms with E-state index in [4.69, 9.17) is 11.5 Å². The lowest BCUT2D eigenvalue weighted by Crippen LogP contribution is -2.43. The van der Waals surface area contributed by atoms with Gasteiger partial charge >= 0.3 is 0 Å². The molecule has 1 heterocycles. The first kappa shape index (κ1) is 15.0. The number of benzene rings is 1. The molecule has 1 fully saturated rings. The van der Waals surface area contributed by atoms with Crippen LogP contribution >= 0.6 is 0 Å². The third-order valence-corrected chi connectivity index (χ3v) is 3.40. The van der Waals surface area contributed by atoms with Crippen molar-refractivity contribution in [1.82, 2.24) is 5.32 Å². The molecule has 21 heavy (non-hydrogen) atoms. The molecule has 0 aliphatic carbocycles. The van der Waals surface area contributed by atoms with Gasteiger partial charge in [-0.2, -0.15) is 0 Å². The molecule has 1 aromatic carbocycles. The van der Waals surface area contributed by atoms with E-state index in [1.54, 1.807) is 0 Å². The summed E-state index contributed by atoms with van der Waals surface area (Å²) in [5.41, 5.74) is 11.0. The first-order chi connectivity index (χ1) is 9.97. The highest BCUT2D eigenvalue weighted by atomic mass is 16.2. The van der Waals surface area contributed by atoms with Gasteiger partial charge in [0, 0.05) is 16.8 Å². The summed E-state index contributed by atoms with van der Waals surface area (Å²) < 4.78 is 0. The van der Waals surface area contributed by atoms with Gasteiger partial charge in [-0.3, -0.25) is 14.4 Å². The van der Waals surface area contributed by atoms with Crippen molar-refractivity contribution in [3.63, 3.8) is 0 Å². The Balaban J connectivity index is 2.20. The number of carbonyl (C=O) groups is 3. The molecule has 6 N–H and O–H groups in total. The Kier molecular flexibility index (Phi) is 4.54. The Morgan fingerprint density at radius 1 is 1.05 bits per heavy atom. The van der Waals surface area contributed by atoms with Crippen LogP contribution in [-0.2, 0) is 4.79 Å². The molecule has 112 valence electrons. The van der Waals surface area contributed by atoms with Crippen molar-refractivity contribution in [2.45, 2.75) is 25.3 Å². The lowest BCUT2D eigenvalue weighted by atomic mass is 10.0. The summed E-state index contributed by atoms with van der Waals surface area (Å²) in [5, 5.41) is 5.80. The van der Waals surface area contributed by atoms with Crippen LogP contribution in [0.15, 0.2) is 18.2 Å². The number of amides is 3. The van der Waals surface area contributed by atoms with E-state index in [2.05, 4.69) is 10.6 Å². The number of nitrogens with two attached hydrogens (primary N) is 2. The van der Waals surface area contributed by atoms with Crippen molar-refractivity contribution in [3.05, 3.63) is 29.3 Å². The predicted molar refractivity (Wildman–Crippen MR) is 77.7 cm³/mol. The number of anilines is 1.